The number of hydrogen-bond acceptors (Lipinski definition) is 2. The van der Waals surface area contributed by atoms with Gasteiger partial charge in [0.05, 0.1) is 17.4 Å². The molecule has 31 heavy (non-hydrogen) atoms. The summed E-state index contributed by atoms with van der Waals surface area (Å²) >= 11 is 0. The lowest BCUT2D eigenvalue weighted by atomic mass is 10.0. The van der Waals surface area contributed by atoms with Crippen molar-refractivity contribution < 1.29 is 0 Å². The van der Waals surface area contributed by atoms with Gasteiger partial charge in [0.1, 0.15) is 0 Å². The van der Waals surface area contributed by atoms with Crippen molar-refractivity contribution in [2.45, 2.75) is 6.04 Å². The molecule has 2 heteroatoms. The smallest absolute Gasteiger partial charge is 0.0958 e. The average molecular weight is 399 g/mol. The zero-order valence-electron chi connectivity index (χ0n) is 17.1. The molecule has 5 rings (SSSR count). The molecule has 0 spiro atoms. The van der Waals surface area contributed by atoms with Gasteiger partial charge in [0.25, 0.3) is 0 Å². The van der Waals surface area contributed by atoms with E-state index in [1.807, 2.05) is 36.4 Å². The van der Waals surface area contributed by atoms with Crippen LogP contribution in [-0.4, -0.2) is 0 Å². The van der Waals surface area contributed by atoms with E-state index in [0.29, 0.717) is 0 Å². The third kappa shape index (κ3) is 4.22. The van der Waals surface area contributed by atoms with E-state index in [1.54, 1.807) is 0 Å². The summed E-state index contributed by atoms with van der Waals surface area (Å²) < 4.78 is 0. The van der Waals surface area contributed by atoms with Gasteiger partial charge in [-0.3, -0.25) is 10.4 Å². The first-order valence-electron chi connectivity index (χ1n) is 10.4. The molecule has 0 bridgehead atoms. The van der Waals surface area contributed by atoms with Gasteiger partial charge in [0, 0.05) is 11.1 Å². The first-order chi connectivity index (χ1) is 15.4. The first-order valence-corrected chi connectivity index (χ1v) is 10.4. The molecule has 1 atom stereocenters. The molecule has 0 aromatic heterocycles. The standard InChI is InChI=1S/C29H22N2/c1-4-10-23(11-5-1)16-17-24-18-20-25(21-19-24)28-22-29(26-12-6-2-7-13-26)31(30-28)27-14-8-3-9-15-27/h1-15,18-22,29-30H. The Morgan fingerprint density at radius 3 is 1.77 bits per heavy atom. The molecule has 0 fully saturated rings. The monoisotopic (exact) mass is 398 g/mol. The number of nitrogens with zero attached hydrogens (tertiary/aromatic N) is 1. The van der Waals surface area contributed by atoms with Crippen molar-refractivity contribution in [3.8, 4) is 11.8 Å². The molecule has 1 heterocycles. The summed E-state index contributed by atoms with van der Waals surface area (Å²) in [5, 5.41) is 2.22. The van der Waals surface area contributed by atoms with Gasteiger partial charge in [0.15, 0.2) is 0 Å². The molecule has 0 radical (unpaired) electrons. The van der Waals surface area contributed by atoms with Crippen molar-refractivity contribution in [1.82, 2.24) is 5.43 Å². The van der Waals surface area contributed by atoms with Gasteiger partial charge < -0.3 is 0 Å². The summed E-state index contributed by atoms with van der Waals surface area (Å²) in [6.45, 7) is 0. The van der Waals surface area contributed by atoms with E-state index in [0.717, 1.165) is 28.1 Å². The Kier molecular flexibility index (Phi) is 5.24. The van der Waals surface area contributed by atoms with Crippen LogP contribution in [0.25, 0.3) is 5.70 Å². The summed E-state index contributed by atoms with van der Waals surface area (Å²) in [5.41, 5.74) is 10.3. The number of anilines is 1. The van der Waals surface area contributed by atoms with E-state index in [-0.39, 0.29) is 6.04 Å². The van der Waals surface area contributed by atoms with E-state index in [1.165, 1.54) is 5.56 Å². The molecule has 0 amide bonds. The number of para-hydroxylation sites is 1. The van der Waals surface area contributed by atoms with Gasteiger partial charge in [-0.25, -0.2) is 0 Å². The predicted octanol–water partition coefficient (Wildman–Crippen LogP) is 6.19. The van der Waals surface area contributed by atoms with Crippen LogP contribution in [0.2, 0.25) is 0 Å². The van der Waals surface area contributed by atoms with Crippen LogP contribution < -0.4 is 10.4 Å². The first kappa shape index (κ1) is 18.8. The number of benzene rings is 4. The second-order valence-electron chi connectivity index (χ2n) is 7.45. The van der Waals surface area contributed by atoms with Gasteiger partial charge in [-0.15, -0.1) is 0 Å². The average Bonchev–Trinajstić information content (AvgIpc) is 3.30. The molecule has 1 unspecified atom stereocenters. The highest BCUT2D eigenvalue weighted by atomic mass is 15.5. The lowest BCUT2D eigenvalue weighted by Gasteiger charge is -2.27. The van der Waals surface area contributed by atoms with E-state index in [9.17, 15) is 0 Å². The summed E-state index contributed by atoms with van der Waals surface area (Å²) in [6, 6.07) is 39.6. The van der Waals surface area contributed by atoms with Crippen LogP contribution in [0.4, 0.5) is 5.69 Å². The summed E-state index contributed by atoms with van der Waals surface area (Å²) in [6.07, 6.45) is 2.28. The molecule has 1 N–H and O–H groups in total. The predicted molar refractivity (Wildman–Crippen MR) is 128 cm³/mol. The highest BCUT2D eigenvalue weighted by Crippen LogP contribution is 2.34. The van der Waals surface area contributed by atoms with Crippen molar-refractivity contribution in [3.05, 3.63) is 144 Å². The fourth-order valence-corrected chi connectivity index (χ4v) is 3.74. The van der Waals surface area contributed by atoms with Gasteiger partial charge >= 0.3 is 0 Å². The largest absolute Gasteiger partial charge is 0.297 e. The molecule has 2 nitrogen and oxygen atoms in total. The Hall–Kier alpha value is -4.22. The molecule has 0 aliphatic carbocycles. The third-order valence-corrected chi connectivity index (χ3v) is 5.34. The number of nitrogens with one attached hydrogen (secondary N) is 1. The number of hydrazine groups is 1. The minimum absolute atomic E-state index is 0.121. The van der Waals surface area contributed by atoms with Crippen molar-refractivity contribution in [2.24, 2.45) is 0 Å². The molecule has 0 saturated heterocycles. The van der Waals surface area contributed by atoms with Gasteiger partial charge in [-0.2, -0.15) is 0 Å². The van der Waals surface area contributed by atoms with Crippen LogP contribution in [0.5, 0.6) is 0 Å². The van der Waals surface area contributed by atoms with Crippen molar-refractivity contribution >= 4 is 11.4 Å². The van der Waals surface area contributed by atoms with E-state index in [4.69, 9.17) is 0 Å². The van der Waals surface area contributed by atoms with Gasteiger partial charge in [-0.1, -0.05) is 90.7 Å². The Bertz CT molecular complexity index is 1230. The lowest BCUT2D eigenvalue weighted by molar-refractivity contribution is 0.724. The van der Waals surface area contributed by atoms with E-state index < -0.39 is 0 Å². The molecule has 4 aromatic carbocycles. The van der Waals surface area contributed by atoms with Gasteiger partial charge in [0.2, 0.25) is 0 Å². The van der Waals surface area contributed by atoms with Crippen LogP contribution >= 0.6 is 0 Å². The van der Waals surface area contributed by atoms with Crippen LogP contribution in [-0.2, 0) is 0 Å². The minimum Gasteiger partial charge on any atom is -0.297 e. The lowest BCUT2D eigenvalue weighted by Crippen LogP contribution is -2.33. The topological polar surface area (TPSA) is 15.3 Å². The number of rotatable bonds is 3. The maximum atomic E-state index is 3.61. The van der Waals surface area contributed by atoms with Crippen molar-refractivity contribution in [3.63, 3.8) is 0 Å². The second-order valence-corrected chi connectivity index (χ2v) is 7.45. The Morgan fingerprint density at radius 1 is 0.581 bits per heavy atom. The Labute approximate surface area is 183 Å². The van der Waals surface area contributed by atoms with Crippen LogP contribution in [0.3, 0.4) is 0 Å². The highest BCUT2D eigenvalue weighted by molar-refractivity contribution is 5.72. The quantitative estimate of drug-likeness (QED) is 0.414. The minimum atomic E-state index is 0.121. The molecule has 148 valence electrons. The summed E-state index contributed by atoms with van der Waals surface area (Å²) in [4.78, 5) is 0. The molecule has 1 aliphatic heterocycles. The SMILES string of the molecule is C(#Cc1ccc(C2=CC(c3ccccc3)N(c3ccccc3)N2)cc1)c1ccccc1. The summed E-state index contributed by atoms with van der Waals surface area (Å²) in [7, 11) is 0. The van der Waals surface area contributed by atoms with Crippen LogP contribution in [0.15, 0.2) is 121 Å². The van der Waals surface area contributed by atoms with E-state index >= 15 is 0 Å². The Balaban J connectivity index is 1.42. The highest BCUT2D eigenvalue weighted by Gasteiger charge is 2.26. The van der Waals surface area contributed by atoms with Crippen molar-refractivity contribution in [2.75, 3.05) is 5.01 Å². The third-order valence-electron chi connectivity index (χ3n) is 5.34. The van der Waals surface area contributed by atoms with Crippen LogP contribution in [0.1, 0.15) is 28.3 Å². The maximum absolute atomic E-state index is 3.61. The second kappa shape index (κ2) is 8.65. The molecule has 1 aliphatic rings. The molecular weight excluding hydrogens is 376 g/mol. The normalized spacial score (nSPS) is 14.9. The summed E-state index contributed by atoms with van der Waals surface area (Å²) in [5.74, 6) is 6.47. The fourth-order valence-electron chi connectivity index (χ4n) is 3.74. The molecule has 4 aromatic rings. The van der Waals surface area contributed by atoms with Crippen LogP contribution in [0, 0.1) is 11.8 Å². The Morgan fingerprint density at radius 2 is 1.13 bits per heavy atom. The van der Waals surface area contributed by atoms with Crippen molar-refractivity contribution in [1.29, 1.82) is 0 Å². The number of hydrogen-bond donors (Lipinski definition) is 1. The molecular formula is C29H22N2. The maximum Gasteiger partial charge on any atom is 0.0958 e. The van der Waals surface area contributed by atoms with E-state index in [2.05, 4.69) is 107 Å². The zero-order chi connectivity index (χ0) is 20.9. The fraction of sp³-hybridized carbons (Fsp3) is 0.0345. The molecule has 0 saturated carbocycles. The van der Waals surface area contributed by atoms with Gasteiger partial charge in [-0.05, 0) is 53.6 Å². The zero-order valence-corrected chi connectivity index (χ0v) is 17.1.